The minimum absolute atomic E-state index is 0.704. The highest BCUT2D eigenvalue weighted by Gasteiger charge is 2.28. The Hall–Kier alpha value is -8.08. The Labute approximate surface area is 402 Å². The number of imidazole rings is 1. The summed E-state index contributed by atoms with van der Waals surface area (Å²) in [5.74, 6) is 1.80. The third-order valence-electron chi connectivity index (χ3n) is 13.4. The summed E-state index contributed by atoms with van der Waals surface area (Å²) in [5.41, 5.74) is 23.4. The van der Waals surface area contributed by atoms with E-state index < -0.39 is 0 Å². The van der Waals surface area contributed by atoms with Crippen LogP contribution >= 0.6 is 0 Å². The Morgan fingerprint density at radius 3 is 1.78 bits per heavy atom. The lowest BCUT2D eigenvalue weighted by Crippen LogP contribution is -2.32. The smallest absolute Gasteiger partial charge is 0.146 e. The number of aliphatic imine (C=N–C) groups is 1. The van der Waals surface area contributed by atoms with Crippen LogP contribution in [0.1, 0.15) is 76.0 Å². The molecule has 7 aromatic carbocycles. The van der Waals surface area contributed by atoms with Gasteiger partial charge in [-0.05, 0) is 104 Å². The number of allylic oxidation sites excluding steroid dienone is 7. The van der Waals surface area contributed by atoms with E-state index in [1.54, 1.807) is 0 Å². The maximum Gasteiger partial charge on any atom is 0.146 e. The SMILES string of the molecule is C=C(c1ccc(-c2ccc(C3=Nc4ccccc4CN3/C(=C(\C)c3ccc(C)cc3)c3ccc(C)cc3)cc2)cc1)n1c(-c2ccccc2C)nc(-c2ccc(C)cc2)c1C1=CCC=C(C)C=C1. The molecule has 2 heterocycles. The molecule has 0 amide bonds. The molecule has 0 saturated heterocycles. The number of nitrogens with zero attached hydrogens (tertiary/aromatic N) is 4. The van der Waals surface area contributed by atoms with Crippen molar-refractivity contribution in [3.8, 4) is 33.8 Å². The first-order chi connectivity index (χ1) is 33.1. The Kier molecular flexibility index (Phi) is 12.0. The summed E-state index contributed by atoms with van der Waals surface area (Å²) in [7, 11) is 0. The summed E-state index contributed by atoms with van der Waals surface area (Å²) >= 11 is 0. The number of aromatic nitrogens is 2. The molecule has 4 nitrogen and oxygen atoms in total. The number of benzene rings is 7. The molecule has 2 aliphatic rings. The maximum absolute atomic E-state index is 5.50. The lowest BCUT2D eigenvalue weighted by molar-refractivity contribution is 0.570. The maximum atomic E-state index is 5.50. The second-order valence-electron chi connectivity index (χ2n) is 18.3. The summed E-state index contributed by atoms with van der Waals surface area (Å²) in [4.78, 5) is 13.3. The van der Waals surface area contributed by atoms with Crippen LogP contribution in [0.15, 0.2) is 211 Å². The summed E-state index contributed by atoms with van der Waals surface area (Å²) < 4.78 is 2.28. The van der Waals surface area contributed by atoms with Gasteiger partial charge in [0.05, 0.1) is 29.3 Å². The fraction of sp³-hybridized carbons (Fsp3) is 0.125. The van der Waals surface area contributed by atoms with Crippen LogP contribution in [-0.4, -0.2) is 20.3 Å². The predicted octanol–water partition coefficient (Wildman–Crippen LogP) is 16.4. The first kappa shape index (κ1) is 43.8. The van der Waals surface area contributed by atoms with Crippen LogP contribution in [-0.2, 0) is 6.54 Å². The zero-order chi connectivity index (χ0) is 46.9. The van der Waals surface area contributed by atoms with Crippen molar-refractivity contribution in [1.29, 1.82) is 0 Å². The van der Waals surface area contributed by atoms with Crippen LogP contribution in [0.4, 0.5) is 5.69 Å². The second-order valence-corrected chi connectivity index (χ2v) is 18.3. The second kappa shape index (κ2) is 18.7. The Morgan fingerprint density at radius 2 is 1.10 bits per heavy atom. The zero-order valence-electron chi connectivity index (χ0n) is 39.9. The molecule has 0 fully saturated rings. The summed E-state index contributed by atoms with van der Waals surface area (Å²) in [6.45, 7) is 18.5. The van der Waals surface area contributed by atoms with E-state index >= 15 is 0 Å². The Bertz CT molecular complexity index is 3350. The first-order valence-electron chi connectivity index (χ1n) is 23.6. The molecule has 0 radical (unpaired) electrons. The molecule has 1 aromatic heterocycles. The molecule has 68 heavy (non-hydrogen) atoms. The van der Waals surface area contributed by atoms with Crippen molar-refractivity contribution in [2.24, 2.45) is 4.99 Å². The molecule has 0 atom stereocenters. The number of hydrogen-bond acceptors (Lipinski definition) is 3. The van der Waals surface area contributed by atoms with Crippen molar-refractivity contribution in [3.63, 3.8) is 0 Å². The molecular formula is C64H56N4. The number of hydrogen-bond donors (Lipinski definition) is 0. The van der Waals surface area contributed by atoms with Gasteiger partial charge in [-0.1, -0.05) is 217 Å². The minimum Gasteiger partial charge on any atom is -0.321 e. The lowest BCUT2D eigenvalue weighted by Gasteiger charge is -2.34. The number of amidine groups is 1. The van der Waals surface area contributed by atoms with Gasteiger partial charge in [-0.3, -0.25) is 4.57 Å². The fourth-order valence-electron chi connectivity index (χ4n) is 9.37. The van der Waals surface area contributed by atoms with Crippen LogP contribution in [0.2, 0.25) is 0 Å². The molecule has 8 aromatic rings. The van der Waals surface area contributed by atoms with Gasteiger partial charge in [-0.15, -0.1) is 0 Å². The van der Waals surface area contributed by atoms with Gasteiger partial charge in [-0.2, -0.15) is 0 Å². The molecule has 0 bridgehead atoms. The summed E-state index contributed by atoms with van der Waals surface area (Å²) in [6.07, 6.45) is 9.84. The third kappa shape index (κ3) is 8.69. The van der Waals surface area contributed by atoms with Crippen molar-refractivity contribution in [2.75, 3.05) is 0 Å². The number of aryl methyl sites for hydroxylation is 4. The van der Waals surface area contributed by atoms with Gasteiger partial charge in [0.25, 0.3) is 0 Å². The van der Waals surface area contributed by atoms with Gasteiger partial charge in [0.2, 0.25) is 0 Å². The molecular weight excluding hydrogens is 825 g/mol. The van der Waals surface area contributed by atoms with E-state index in [-0.39, 0.29) is 0 Å². The van der Waals surface area contributed by atoms with Crippen LogP contribution in [0, 0.1) is 27.7 Å². The average Bonchev–Trinajstić information content (AvgIpc) is 3.62. The normalized spacial score (nSPS) is 13.8. The van der Waals surface area contributed by atoms with E-state index in [0.29, 0.717) is 6.54 Å². The molecule has 4 heteroatoms. The molecule has 0 N–H and O–H groups in total. The van der Waals surface area contributed by atoms with E-state index in [9.17, 15) is 0 Å². The number of para-hydroxylation sites is 1. The Morgan fingerprint density at radius 1 is 0.544 bits per heavy atom. The molecule has 1 aliphatic carbocycles. The van der Waals surface area contributed by atoms with E-state index in [2.05, 4.69) is 245 Å². The molecule has 0 saturated carbocycles. The molecule has 1 aliphatic heterocycles. The number of fused-ring (bicyclic) bond motifs is 1. The lowest BCUT2D eigenvalue weighted by atomic mass is 9.96. The average molecular weight is 881 g/mol. The van der Waals surface area contributed by atoms with Crippen LogP contribution in [0.25, 0.3) is 56.3 Å². The van der Waals surface area contributed by atoms with Gasteiger partial charge in [0.1, 0.15) is 11.7 Å². The first-order valence-corrected chi connectivity index (χ1v) is 23.6. The topological polar surface area (TPSA) is 33.4 Å². The van der Waals surface area contributed by atoms with Crippen molar-refractivity contribution in [1.82, 2.24) is 14.5 Å². The Balaban J connectivity index is 1.03. The van der Waals surface area contributed by atoms with E-state index in [0.717, 1.165) is 96.6 Å². The van der Waals surface area contributed by atoms with Crippen LogP contribution in [0.5, 0.6) is 0 Å². The standard InChI is InChI=1S/C64H56N4/c1-42-13-12-16-54(30-23-42)62-60(53-28-21-44(3)22-29-53)66-64(58-17-10-8-14-46(58)5)68(62)48(7)50-33-35-51(36-34-50)52-37-39-56(40-38-52)63-65-59-18-11-9-15-57(59)41-67(63)61(55-31-24-45(4)25-32-55)47(6)49-26-19-43(2)20-27-49/h8-11,13-40H,7,12,41H2,1-6H3/b61-47+. The summed E-state index contributed by atoms with van der Waals surface area (Å²) in [6, 6.07) is 61.2. The van der Waals surface area contributed by atoms with Gasteiger partial charge < -0.3 is 4.90 Å². The zero-order valence-corrected chi connectivity index (χ0v) is 39.9. The van der Waals surface area contributed by atoms with Crippen LogP contribution < -0.4 is 0 Å². The highest BCUT2D eigenvalue weighted by Crippen LogP contribution is 2.41. The minimum atomic E-state index is 0.704. The van der Waals surface area contributed by atoms with Gasteiger partial charge in [0.15, 0.2) is 0 Å². The number of rotatable bonds is 10. The fourth-order valence-corrected chi connectivity index (χ4v) is 9.37. The van der Waals surface area contributed by atoms with Crippen molar-refractivity contribution in [2.45, 2.75) is 54.5 Å². The van der Waals surface area contributed by atoms with Crippen molar-refractivity contribution < 1.29 is 0 Å². The quantitative estimate of drug-likeness (QED) is 0.128. The third-order valence-corrected chi connectivity index (χ3v) is 13.4. The summed E-state index contributed by atoms with van der Waals surface area (Å²) in [5, 5.41) is 0. The van der Waals surface area contributed by atoms with E-state index in [1.165, 1.54) is 39.0 Å². The van der Waals surface area contributed by atoms with Gasteiger partial charge >= 0.3 is 0 Å². The van der Waals surface area contributed by atoms with Crippen molar-refractivity contribution >= 4 is 34.1 Å². The highest BCUT2D eigenvalue weighted by molar-refractivity contribution is 6.09. The van der Waals surface area contributed by atoms with Crippen molar-refractivity contribution in [3.05, 3.63) is 262 Å². The van der Waals surface area contributed by atoms with E-state index in [4.69, 9.17) is 16.6 Å². The predicted molar refractivity (Wildman–Crippen MR) is 287 cm³/mol. The molecule has 0 spiro atoms. The monoisotopic (exact) mass is 880 g/mol. The largest absolute Gasteiger partial charge is 0.321 e. The van der Waals surface area contributed by atoms with Gasteiger partial charge in [-0.25, -0.2) is 9.98 Å². The van der Waals surface area contributed by atoms with Crippen LogP contribution in [0.3, 0.4) is 0 Å². The highest BCUT2D eigenvalue weighted by atomic mass is 15.2. The molecule has 10 rings (SSSR count). The molecule has 332 valence electrons. The van der Waals surface area contributed by atoms with Gasteiger partial charge in [0, 0.05) is 22.4 Å². The van der Waals surface area contributed by atoms with E-state index in [1.807, 2.05) is 0 Å². The molecule has 0 unspecified atom stereocenters.